The molecule has 12 aliphatic heterocycles. The maximum absolute atomic E-state index is 13.6. The van der Waals surface area contributed by atoms with Gasteiger partial charge in [0.2, 0.25) is 100 Å². The van der Waals surface area contributed by atoms with Crippen LogP contribution in [0.25, 0.3) is 0 Å². The second kappa shape index (κ2) is 44.6. The summed E-state index contributed by atoms with van der Waals surface area (Å²) in [5.41, 5.74) is 14.2. The number of benzene rings is 8. The average molecular weight is 1920 g/mol. The Morgan fingerprint density at radius 1 is 0.157 bits per heavy atom. The van der Waals surface area contributed by atoms with Crippen LogP contribution in [0.2, 0.25) is 0 Å². The third-order valence-corrected chi connectivity index (χ3v) is 31.1. The number of unbranched alkanes of at least 4 members (excludes halogenated alkanes) is 16. The summed E-state index contributed by atoms with van der Waals surface area (Å²) >= 11 is 0. The zero-order chi connectivity index (χ0) is 95.7. The maximum atomic E-state index is 13.6. The quantitative estimate of drug-likeness (QED) is 0.0372. The molecule has 24 nitrogen and oxygen atoms in total. The molecule has 0 saturated heterocycles. The van der Waals surface area contributed by atoms with E-state index in [4.69, 9.17) is 104 Å². The van der Waals surface area contributed by atoms with E-state index in [1.54, 1.807) is 0 Å². The van der Waals surface area contributed by atoms with Gasteiger partial charge in [-0.15, -0.1) is 0 Å². The summed E-state index contributed by atoms with van der Waals surface area (Å²) in [6.07, 6.45) is 30.4. The van der Waals surface area contributed by atoms with Gasteiger partial charge in [0.1, 0.15) is 0 Å². The van der Waals surface area contributed by atoms with Crippen molar-refractivity contribution >= 4 is 0 Å². The summed E-state index contributed by atoms with van der Waals surface area (Å²) < 4.78 is 163. The summed E-state index contributed by atoms with van der Waals surface area (Å²) in [6.45, 7) is 17.0. The van der Waals surface area contributed by atoms with Crippen LogP contribution in [-0.2, 0) is 0 Å². The number of aromatic hydroxyl groups is 2. The predicted molar refractivity (Wildman–Crippen MR) is 532 cm³/mol. The molecule has 754 valence electrons. The van der Waals surface area contributed by atoms with Gasteiger partial charge in [-0.2, -0.15) is 0 Å². The van der Waals surface area contributed by atoms with E-state index in [0.29, 0.717) is 216 Å². The van der Waals surface area contributed by atoms with E-state index in [9.17, 15) is 10.2 Å². The fraction of sp³-hybridized carbons (Fsp3) is 0.586. The van der Waals surface area contributed by atoms with Gasteiger partial charge in [0.05, 0.1) is 39.6 Å². The van der Waals surface area contributed by atoms with Gasteiger partial charge in [-0.05, 0) is 138 Å². The number of fused-ring (bicyclic) bond motifs is 22. The van der Waals surface area contributed by atoms with Crippen molar-refractivity contribution in [3.8, 4) is 138 Å². The predicted octanol–water partition coefficient (Wildman–Crippen LogP) is 28.6. The highest BCUT2D eigenvalue weighted by Gasteiger charge is 2.48. The molecule has 0 radical (unpaired) electrons. The Hall–Kier alpha value is -11.0. The third kappa shape index (κ3) is 18.7. The third-order valence-electron chi connectivity index (χ3n) is 31.1. The fourth-order valence-corrected chi connectivity index (χ4v) is 24.1. The van der Waals surface area contributed by atoms with Crippen LogP contribution in [0.15, 0.2) is 48.5 Å². The van der Waals surface area contributed by atoms with Crippen molar-refractivity contribution < 1.29 is 114 Å². The van der Waals surface area contributed by atoms with Crippen LogP contribution >= 0.6 is 0 Å². The lowest BCUT2D eigenvalue weighted by molar-refractivity contribution is 0.0805. The maximum Gasteiger partial charge on any atom is 0.231 e. The van der Waals surface area contributed by atoms with Crippen LogP contribution < -0.4 is 104 Å². The molecule has 2 N–H and O–H groups in total. The lowest BCUT2D eigenvalue weighted by Crippen LogP contribution is -2.24. The number of hydrogen-bond donors (Lipinski definition) is 2. The van der Waals surface area contributed by atoms with Crippen LogP contribution in [0.1, 0.15) is 436 Å². The number of rotatable bonds is 32. The molecule has 0 saturated carbocycles. The summed E-state index contributed by atoms with van der Waals surface area (Å²) in [5, 5.41) is 27.3. The highest BCUT2D eigenvalue weighted by Crippen LogP contribution is 2.67. The van der Waals surface area contributed by atoms with E-state index in [-0.39, 0.29) is 105 Å². The smallest absolute Gasteiger partial charge is 0.231 e. The second-order valence-electron chi connectivity index (χ2n) is 40.2. The number of phenols is 2. The lowest BCUT2D eigenvalue weighted by atomic mass is 9.75. The van der Waals surface area contributed by atoms with Crippen LogP contribution in [0, 0.1) is 0 Å². The monoisotopic (exact) mass is 1920 g/mol. The van der Waals surface area contributed by atoms with Crippen molar-refractivity contribution in [2.45, 2.75) is 347 Å². The summed E-state index contributed by atoms with van der Waals surface area (Å²) in [7, 11) is 0. The van der Waals surface area contributed by atoms with Crippen LogP contribution in [-0.4, -0.2) is 104 Å². The Labute approximate surface area is 826 Å². The molecule has 0 amide bonds. The number of hydrogen-bond acceptors (Lipinski definition) is 24. The minimum Gasteiger partial charge on any atom is -0.502 e. The van der Waals surface area contributed by atoms with E-state index in [1.807, 2.05) is 0 Å². The van der Waals surface area contributed by atoms with Gasteiger partial charge < -0.3 is 114 Å². The molecule has 140 heavy (non-hydrogen) atoms. The Bertz CT molecular complexity index is 5050. The first-order valence-corrected chi connectivity index (χ1v) is 53.9. The molecule has 8 aromatic rings. The first-order valence-electron chi connectivity index (χ1n) is 53.9. The largest absolute Gasteiger partial charge is 0.502 e. The topological polar surface area (TPSA) is 244 Å². The molecule has 24 heteroatoms. The van der Waals surface area contributed by atoms with Crippen LogP contribution in [0.3, 0.4) is 0 Å². The zero-order valence-corrected chi connectivity index (χ0v) is 83.9. The molecule has 8 aromatic carbocycles. The van der Waals surface area contributed by atoms with E-state index >= 15 is 0 Å². The number of ether oxygens (including phenoxy) is 22. The SMILES string of the molecule is CCCCCC1c2cc3c4c(O)c2OCOc2c1cc1c5c2OCCCCOc2c6c7cc8c2OCOc2c(cc9c%10c2OCCCCOc2c(c(cc%11c2OCOc2c(cc(c(c2OCCCCOc2c%12c(cc(c2OCO%10)C9CCCCC)C(CCCCC)c2cc(c(c(O)c2OCO%12)OCO6)C7CCCCC)OCO4)C3CCCCC)C%11CCCCC)C1CCCCC)OCO5)C8CCCCC. The first-order chi connectivity index (χ1) is 69.1. The van der Waals surface area contributed by atoms with E-state index in [1.165, 1.54) is 0 Å². The van der Waals surface area contributed by atoms with Gasteiger partial charge >= 0.3 is 0 Å². The molecule has 8 unspecified atom stereocenters. The zero-order valence-electron chi connectivity index (χ0n) is 83.9. The minimum atomic E-state index is -0.454. The summed E-state index contributed by atoms with van der Waals surface area (Å²) in [5.74, 6) is 6.25. The minimum absolute atomic E-state index is 0.114. The van der Waals surface area contributed by atoms with Crippen molar-refractivity contribution in [2.24, 2.45) is 0 Å². The van der Waals surface area contributed by atoms with Crippen LogP contribution in [0.4, 0.5) is 0 Å². The van der Waals surface area contributed by atoms with Gasteiger partial charge in [-0.25, -0.2) is 0 Å². The molecule has 20 rings (SSSR count). The first kappa shape index (κ1) is 96.5. The van der Waals surface area contributed by atoms with Crippen molar-refractivity contribution in [3.05, 3.63) is 138 Å². The Morgan fingerprint density at radius 2 is 0.271 bits per heavy atom. The van der Waals surface area contributed by atoms with E-state index < -0.39 is 47.3 Å². The highest BCUT2D eigenvalue weighted by atomic mass is 16.7. The second-order valence-corrected chi connectivity index (χ2v) is 40.2. The van der Waals surface area contributed by atoms with Gasteiger partial charge in [0.25, 0.3) is 0 Å². The average Bonchev–Trinajstić information content (AvgIpc) is 0.720. The van der Waals surface area contributed by atoms with Crippen molar-refractivity contribution in [2.75, 3.05) is 94.0 Å². The fourth-order valence-electron chi connectivity index (χ4n) is 24.1. The molecule has 0 spiro atoms. The molecule has 22 bridgehead atoms. The van der Waals surface area contributed by atoms with E-state index in [0.717, 1.165) is 243 Å². The molecular weight excluding hydrogens is 1780 g/mol. The Kier molecular flexibility index (Phi) is 30.8. The van der Waals surface area contributed by atoms with Crippen LogP contribution in [0.5, 0.6) is 138 Å². The molecule has 12 aliphatic rings. The number of phenolic OH excluding ortho intramolecular Hbond substituents is 2. The van der Waals surface area contributed by atoms with E-state index in [2.05, 4.69) is 104 Å². The normalized spacial score (nSPS) is 20.7. The highest BCUT2D eigenvalue weighted by molar-refractivity contribution is 5.77. The van der Waals surface area contributed by atoms with Crippen molar-refractivity contribution in [1.82, 2.24) is 0 Å². The van der Waals surface area contributed by atoms with Gasteiger partial charge in [-0.3, -0.25) is 0 Å². The molecule has 0 aliphatic carbocycles. The summed E-state index contributed by atoms with van der Waals surface area (Å²) in [6, 6.07) is 18.8. The van der Waals surface area contributed by atoms with Crippen molar-refractivity contribution in [1.29, 1.82) is 0 Å². The lowest BCUT2D eigenvalue weighted by Gasteiger charge is -2.37. The van der Waals surface area contributed by atoms with Gasteiger partial charge in [-0.1, -0.05) is 209 Å². The van der Waals surface area contributed by atoms with Gasteiger partial charge in [0.15, 0.2) is 92.0 Å². The standard InChI is InChI=1S/C116H146O24/c1-9-17-25-39-69-77-53-78-70(40-26-18-10-2)82-56-86-74(44-30-22-14-6)90-59-89-73(43-29-21-13-5)85-55-81(69)99-111-103(85)133-65-137-107(89)115-108(90)138-66-134-104(86)112(100(82)130-62-126-96(78)93(117)95(77)125-61-129-99)120-49-35-36-50-122-114-102-84-58-88-76(46-32-24-16-8)92-60-91-75(45-31-23-15-7)87-57-83-71(41-27-19-11-3)79-54-80(72(84)42-28-20-12-4)98(128-64-132-102)94(118)97(79)127-63-131-101(83)113(121-48-34-33-47-119-111)105(87)135-67-139-109(91)116(124-52-38-37-51-123-115)110(92)140-68-136-106(88)114/h53-60,69-76,117-118H,9-52,61-68H2,1-8H3. The van der Waals surface area contributed by atoms with Crippen molar-refractivity contribution in [3.63, 3.8) is 0 Å². The molecule has 0 fully saturated rings. The molecule has 8 atom stereocenters. The Balaban J connectivity index is 0.896. The summed E-state index contributed by atoms with van der Waals surface area (Å²) in [4.78, 5) is 0. The Morgan fingerprint density at radius 3 is 0.393 bits per heavy atom. The molecular formula is C116H146O24. The molecule has 0 aromatic heterocycles. The molecule has 12 heterocycles. The van der Waals surface area contributed by atoms with Gasteiger partial charge in [0, 0.05) is 136 Å².